The minimum absolute atomic E-state index is 0.112. The molecule has 0 aromatic carbocycles. The van der Waals surface area contributed by atoms with Gasteiger partial charge < -0.3 is 9.84 Å². The summed E-state index contributed by atoms with van der Waals surface area (Å²) in [4.78, 5) is 22.1. The van der Waals surface area contributed by atoms with Crippen LogP contribution in [0.15, 0.2) is 23.8 Å². The Morgan fingerprint density at radius 1 is 1.42 bits per heavy atom. The fourth-order valence-corrected chi connectivity index (χ4v) is 2.54. The van der Waals surface area contributed by atoms with Gasteiger partial charge in [-0.05, 0) is 44.1 Å². The number of hydrogen-bond donors (Lipinski definition) is 1. The lowest BCUT2D eigenvalue weighted by Gasteiger charge is -2.46. The van der Waals surface area contributed by atoms with Crippen LogP contribution in [0.5, 0.6) is 0 Å². The number of carbonyl (C=O) groups is 2. The summed E-state index contributed by atoms with van der Waals surface area (Å²) in [7, 11) is 0. The first kappa shape index (κ1) is 15.6. The fourth-order valence-electron chi connectivity index (χ4n) is 2.54. The van der Waals surface area contributed by atoms with Gasteiger partial charge in [0.05, 0.1) is 0 Å². The van der Waals surface area contributed by atoms with E-state index in [2.05, 4.69) is 0 Å². The highest BCUT2D eigenvalue weighted by molar-refractivity contribution is 5.87. The lowest BCUT2D eigenvalue weighted by Crippen LogP contribution is -2.49. The number of rotatable bonds is 3. The molecule has 0 bridgehead atoms. The smallest absolute Gasteiger partial charge is 0.303 e. The third-order valence-electron chi connectivity index (χ3n) is 3.66. The van der Waals surface area contributed by atoms with Crippen molar-refractivity contribution in [2.75, 3.05) is 0 Å². The molecule has 0 saturated carbocycles. The van der Waals surface area contributed by atoms with Gasteiger partial charge >= 0.3 is 5.97 Å². The van der Waals surface area contributed by atoms with E-state index in [0.717, 1.165) is 0 Å². The monoisotopic (exact) mass is 266 g/mol. The highest BCUT2D eigenvalue weighted by Gasteiger charge is 2.47. The zero-order valence-electron chi connectivity index (χ0n) is 12.2. The highest BCUT2D eigenvalue weighted by atomic mass is 16.5. The van der Waals surface area contributed by atoms with Crippen molar-refractivity contribution in [1.82, 2.24) is 0 Å². The van der Waals surface area contributed by atoms with Crippen LogP contribution >= 0.6 is 0 Å². The zero-order chi connectivity index (χ0) is 14.8. The molecule has 0 radical (unpaired) electrons. The number of carbonyl (C=O) groups excluding carboxylic acids is 2. The SMILES string of the molecule is CC(=O)/C=C/[C@]1(O)C(C)=C[C@@H](OC(C)=O)CC1(C)C. The number of ketones is 1. The van der Waals surface area contributed by atoms with Crippen molar-refractivity contribution in [3.05, 3.63) is 23.8 Å². The van der Waals surface area contributed by atoms with Gasteiger partial charge in [0.15, 0.2) is 5.78 Å². The molecule has 1 aliphatic carbocycles. The van der Waals surface area contributed by atoms with Crippen molar-refractivity contribution < 1.29 is 19.4 Å². The predicted molar refractivity (Wildman–Crippen MR) is 72.5 cm³/mol. The van der Waals surface area contributed by atoms with Crippen LogP contribution in [0.2, 0.25) is 0 Å². The van der Waals surface area contributed by atoms with Crippen molar-refractivity contribution in [3.8, 4) is 0 Å². The number of allylic oxidation sites excluding steroid dienone is 1. The second-order valence-corrected chi connectivity index (χ2v) is 5.80. The van der Waals surface area contributed by atoms with E-state index in [-0.39, 0.29) is 17.9 Å². The normalized spacial score (nSPS) is 30.0. The lowest BCUT2D eigenvalue weighted by atomic mass is 9.64. The minimum Gasteiger partial charge on any atom is -0.458 e. The Balaban J connectivity index is 3.12. The molecule has 0 unspecified atom stereocenters. The van der Waals surface area contributed by atoms with Gasteiger partial charge in [-0.3, -0.25) is 9.59 Å². The van der Waals surface area contributed by atoms with E-state index in [1.54, 1.807) is 13.0 Å². The number of esters is 1. The number of hydrogen-bond acceptors (Lipinski definition) is 4. The zero-order valence-corrected chi connectivity index (χ0v) is 12.2. The van der Waals surface area contributed by atoms with Gasteiger partial charge in [-0.25, -0.2) is 0 Å². The Labute approximate surface area is 114 Å². The average Bonchev–Trinajstić information content (AvgIpc) is 2.21. The molecule has 19 heavy (non-hydrogen) atoms. The van der Waals surface area contributed by atoms with E-state index in [1.807, 2.05) is 13.8 Å². The van der Waals surface area contributed by atoms with Crippen molar-refractivity contribution in [2.45, 2.75) is 52.7 Å². The molecule has 0 fully saturated rings. The first-order valence-electron chi connectivity index (χ1n) is 6.37. The molecule has 2 atom stereocenters. The Bertz CT molecular complexity index is 445. The highest BCUT2D eigenvalue weighted by Crippen LogP contribution is 2.45. The summed E-state index contributed by atoms with van der Waals surface area (Å²) in [6.07, 6.45) is 4.83. The summed E-state index contributed by atoms with van der Waals surface area (Å²) in [5, 5.41) is 10.8. The quantitative estimate of drug-likeness (QED) is 0.483. The van der Waals surface area contributed by atoms with Crippen LogP contribution in [0.4, 0.5) is 0 Å². The molecule has 4 nitrogen and oxygen atoms in total. The summed E-state index contributed by atoms with van der Waals surface area (Å²) < 4.78 is 5.20. The predicted octanol–water partition coefficient (Wildman–Crippen LogP) is 2.17. The van der Waals surface area contributed by atoms with Gasteiger partial charge in [-0.15, -0.1) is 0 Å². The molecule has 4 heteroatoms. The van der Waals surface area contributed by atoms with E-state index in [0.29, 0.717) is 12.0 Å². The van der Waals surface area contributed by atoms with Crippen LogP contribution in [-0.2, 0) is 14.3 Å². The first-order valence-corrected chi connectivity index (χ1v) is 6.37. The van der Waals surface area contributed by atoms with Crippen molar-refractivity contribution in [1.29, 1.82) is 0 Å². The summed E-state index contributed by atoms with van der Waals surface area (Å²) in [5.41, 5.74) is -1.04. The van der Waals surface area contributed by atoms with E-state index in [9.17, 15) is 14.7 Å². The van der Waals surface area contributed by atoms with Gasteiger partial charge in [0.2, 0.25) is 0 Å². The molecule has 0 aromatic heterocycles. The fraction of sp³-hybridized carbons (Fsp3) is 0.600. The van der Waals surface area contributed by atoms with Crippen LogP contribution in [0, 0.1) is 5.41 Å². The summed E-state index contributed by atoms with van der Waals surface area (Å²) in [6, 6.07) is 0. The molecular formula is C15H22O4. The van der Waals surface area contributed by atoms with Crippen LogP contribution < -0.4 is 0 Å². The molecule has 0 saturated heterocycles. The third-order valence-corrected chi connectivity index (χ3v) is 3.66. The molecule has 106 valence electrons. The van der Waals surface area contributed by atoms with Crippen LogP contribution in [-0.4, -0.2) is 28.6 Å². The lowest BCUT2D eigenvalue weighted by molar-refractivity contribution is -0.147. The maximum atomic E-state index is 11.1. The second kappa shape index (κ2) is 5.29. The van der Waals surface area contributed by atoms with Crippen molar-refractivity contribution in [3.63, 3.8) is 0 Å². The Kier molecular flexibility index (Phi) is 4.35. The van der Waals surface area contributed by atoms with E-state index >= 15 is 0 Å². The molecule has 1 N–H and O–H groups in total. The van der Waals surface area contributed by atoms with Gasteiger partial charge in [0.1, 0.15) is 11.7 Å². The van der Waals surface area contributed by atoms with Gasteiger partial charge in [-0.1, -0.05) is 13.8 Å². The summed E-state index contributed by atoms with van der Waals surface area (Å²) in [6.45, 7) is 8.37. The molecule has 0 aromatic rings. The van der Waals surface area contributed by atoms with E-state index < -0.39 is 11.0 Å². The largest absolute Gasteiger partial charge is 0.458 e. The molecule has 0 amide bonds. The Hall–Kier alpha value is -1.42. The summed E-state index contributed by atoms with van der Waals surface area (Å²) in [5.74, 6) is -0.450. The van der Waals surface area contributed by atoms with Crippen molar-refractivity contribution >= 4 is 11.8 Å². The van der Waals surface area contributed by atoms with Crippen molar-refractivity contribution in [2.24, 2.45) is 5.41 Å². The summed E-state index contributed by atoms with van der Waals surface area (Å²) >= 11 is 0. The maximum absolute atomic E-state index is 11.1. The Morgan fingerprint density at radius 3 is 2.42 bits per heavy atom. The second-order valence-electron chi connectivity index (χ2n) is 5.80. The topological polar surface area (TPSA) is 63.6 Å². The number of aliphatic hydroxyl groups is 1. The van der Waals surface area contributed by atoms with Gasteiger partial charge in [0, 0.05) is 12.3 Å². The third kappa shape index (κ3) is 3.32. The molecule has 1 rings (SSSR count). The van der Waals surface area contributed by atoms with Gasteiger partial charge in [-0.2, -0.15) is 0 Å². The van der Waals surface area contributed by atoms with Crippen LogP contribution in [0.25, 0.3) is 0 Å². The maximum Gasteiger partial charge on any atom is 0.303 e. The average molecular weight is 266 g/mol. The molecular weight excluding hydrogens is 244 g/mol. The minimum atomic E-state index is -1.20. The Morgan fingerprint density at radius 2 is 2.00 bits per heavy atom. The van der Waals surface area contributed by atoms with Crippen LogP contribution in [0.1, 0.15) is 41.0 Å². The molecule has 0 spiro atoms. The molecule has 0 heterocycles. The first-order chi connectivity index (χ1) is 8.58. The van der Waals surface area contributed by atoms with Gasteiger partial charge in [0.25, 0.3) is 0 Å². The standard InChI is InChI=1S/C15H22O4/c1-10-8-13(19-12(3)17)9-14(4,5)15(10,18)7-6-11(2)16/h6-8,13,18H,9H2,1-5H3/b7-6+/t13-,15+/m1/s1. The number of ether oxygens (including phenoxy) is 1. The van der Waals surface area contributed by atoms with E-state index in [4.69, 9.17) is 4.74 Å². The van der Waals surface area contributed by atoms with Crippen LogP contribution in [0.3, 0.4) is 0 Å². The van der Waals surface area contributed by atoms with E-state index in [1.165, 1.54) is 26.0 Å². The molecule has 0 aliphatic heterocycles. The molecule has 1 aliphatic rings.